The average molecular weight is 228 g/mol. The third-order valence-corrected chi connectivity index (χ3v) is 2.31. The molecular formula is C11H14F2N2O. The minimum absolute atomic E-state index is 0.103. The van der Waals surface area contributed by atoms with Gasteiger partial charge in [-0.15, -0.1) is 0 Å². The second-order valence-corrected chi connectivity index (χ2v) is 3.99. The Labute approximate surface area is 92.8 Å². The molecule has 0 radical (unpaired) electrons. The van der Waals surface area contributed by atoms with E-state index >= 15 is 0 Å². The zero-order chi connectivity index (χ0) is 12.3. The molecular weight excluding hydrogens is 214 g/mol. The molecule has 0 heterocycles. The van der Waals surface area contributed by atoms with Crippen molar-refractivity contribution >= 4 is 11.6 Å². The fourth-order valence-electron chi connectivity index (χ4n) is 1.03. The molecule has 0 spiro atoms. The third-order valence-electron chi connectivity index (χ3n) is 2.31. The molecule has 16 heavy (non-hydrogen) atoms. The smallest absolute Gasteiger partial charge is 0.244 e. The van der Waals surface area contributed by atoms with Crippen molar-refractivity contribution in [2.45, 2.75) is 19.4 Å². The van der Waals surface area contributed by atoms with Crippen LogP contribution in [0.5, 0.6) is 0 Å². The van der Waals surface area contributed by atoms with Gasteiger partial charge in [-0.05, 0) is 33.0 Å². The molecule has 0 atom stereocenters. The average Bonchev–Trinajstić information content (AvgIpc) is 2.15. The highest BCUT2D eigenvalue weighted by atomic mass is 19.1. The van der Waals surface area contributed by atoms with Gasteiger partial charge in [0, 0.05) is 11.8 Å². The molecule has 5 heteroatoms. The molecule has 1 amide bonds. The molecule has 88 valence electrons. The van der Waals surface area contributed by atoms with Crippen LogP contribution in [0.3, 0.4) is 0 Å². The molecule has 0 aromatic heterocycles. The van der Waals surface area contributed by atoms with Crippen LogP contribution in [-0.4, -0.2) is 18.5 Å². The van der Waals surface area contributed by atoms with Gasteiger partial charge in [0.1, 0.15) is 11.6 Å². The maximum absolute atomic E-state index is 12.8. The zero-order valence-corrected chi connectivity index (χ0v) is 9.40. The summed E-state index contributed by atoms with van der Waals surface area (Å²) in [6.45, 7) is 3.33. The van der Waals surface area contributed by atoms with Crippen LogP contribution < -0.4 is 10.6 Å². The van der Waals surface area contributed by atoms with Crippen molar-refractivity contribution in [3.05, 3.63) is 29.8 Å². The Balaban J connectivity index is 2.85. The van der Waals surface area contributed by atoms with E-state index in [-0.39, 0.29) is 11.6 Å². The Bertz CT molecular complexity index is 385. The first-order valence-electron chi connectivity index (χ1n) is 4.81. The molecule has 0 unspecified atom stereocenters. The summed E-state index contributed by atoms with van der Waals surface area (Å²) in [5, 5.41) is 5.22. The van der Waals surface area contributed by atoms with E-state index in [0.29, 0.717) is 0 Å². The van der Waals surface area contributed by atoms with Gasteiger partial charge in [0.05, 0.1) is 5.54 Å². The van der Waals surface area contributed by atoms with Crippen LogP contribution >= 0.6 is 0 Å². The standard InChI is InChI=1S/C11H14F2N2O/c1-11(2,14-3)10(16)15-9-5-7(12)4-8(13)6-9/h4-6,14H,1-3H3,(H,15,16). The molecule has 0 aliphatic rings. The number of hydrogen-bond acceptors (Lipinski definition) is 2. The van der Waals surface area contributed by atoms with Crippen molar-refractivity contribution in [3.63, 3.8) is 0 Å². The highest BCUT2D eigenvalue weighted by Gasteiger charge is 2.25. The first-order chi connectivity index (χ1) is 7.35. The Morgan fingerprint density at radius 2 is 1.69 bits per heavy atom. The number of hydrogen-bond donors (Lipinski definition) is 2. The number of benzene rings is 1. The first-order valence-corrected chi connectivity index (χ1v) is 4.81. The summed E-state index contributed by atoms with van der Waals surface area (Å²) in [5.74, 6) is -1.81. The second-order valence-electron chi connectivity index (χ2n) is 3.99. The van der Waals surface area contributed by atoms with Crippen LogP contribution in [0.1, 0.15) is 13.8 Å². The van der Waals surface area contributed by atoms with E-state index in [1.807, 2.05) is 0 Å². The SMILES string of the molecule is CNC(C)(C)C(=O)Nc1cc(F)cc(F)c1. The van der Waals surface area contributed by atoms with Crippen LogP contribution in [0.15, 0.2) is 18.2 Å². The van der Waals surface area contributed by atoms with Crippen LogP contribution in [0.4, 0.5) is 14.5 Å². The molecule has 0 bridgehead atoms. The predicted molar refractivity (Wildman–Crippen MR) is 58.1 cm³/mol. The lowest BCUT2D eigenvalue weighted by atomic mass is 10.1. The minimum atomic E-state index is -0.803. The van der Waals surface area contributed by atoms with Crippen molar-refractivity contribution in [1.29, 1.82) is 0 Å². The van der Waals surface area contributed by atoms with Gasteiger partial charge in [0.2, 0.25) is 5.91 Å². The summed E-state index contributed by atoms with van der Waals surface area (Å²) < 4.78 is 25.7. The molecule has 3 nitrogen and oxygen atoms in total. The fourth-order valence-corrected chi connectivity index (χ4v) is 1.03. The van der Waals surface area contributed by atoms with Gasteiger partial charge in [-0.2, -0.15) is 0 Å². The summed E-state index contributed by atoms with van der Waals surface area (Å²) in [4.78, 5) is 11.7. The van der Waals surface area contributed by atoms with Crippen molar-refractivity contribution in [2.75, 3.05) is 12.4 Å². The lowest BCUT2D eigenvalue weighted by Crippen LogP contribution is -2.47. The summed E-state index contributed by atoms with van der Waals surface area (Å²) in [6, 6.07) is 2.87. The van der Waals surface area contributed by atoms with E-state index in [0.717, 1.165) is 18.2 Å². The number of carbonyl (C=O) groups is 1. The fraction of sp³-hybridized carbons (Fsp3) is 0.364. The zero-order valence-electron chi connectivity index (χ0n) is 9.40. The number of halogens is 2. The maximum Gasteiger partial charge on any atom is 0.244 e. The van der Waals surface area contributed by atoms with Crippen LogP contribution in [0, 0.1) is 11.6 Å². The molecule has 0 saturated heterocycles. The van der Waals surface area contributed by atoms with E-state index < -0.39 is 17.2 Å². The normalized spacial score (nSPS) is 11.3. The van der Waals surface area contributed by atoms with Crippen molar-refractivity contribution in [3.8, 4) is 0 Å². The lowest BCUT2D eigenvalue weighted by molar-refractivity contribution is -0.121. The van der Waals surface area contributed by atoms with E-state index in [4.69, 9.17) is 0 Å². The van der Waals surface area contributed by atoms with E-state index in [2.05, 4.69) is 10.6 Å². The number of nitrogens with one attached hydrogen (secondary N) is 2. The van der Waals surface area contributed by atoms with Gasteiger partial charge in [-0.25, -0.2) is 8.78 Å². The van der Waals surface area contributed by atoms with Crippen LogP contribution in [-0.2, 0) is 4.79 Å². The van der Waals surface area contributed by atoms with Crippen molar-refractivity contribution in [1.82, 2.24) is 5.32 Å². The minimum Gasteiger partial charge on any atom is -0.324 e. The highest BCUT2D eigenvalue weighted by Crippen LogP contribution is 2.14. The Hall–Kier alpha value is -1.49. The van der Waals surface area contributed by atoms with Gasteiger partial charge in [-0.1, -0.05) is 0 Å². The van der Waals surface area contributed by atoms with Gasteiger partial charge < -0.3 is 10.6 Å². The summed E-state index contributed by atoms with van der Waals surface area (Å²) in [6.07, 6.45) is 0. The molecule has 1 aromatic carbocycles. The Morgan fingerprint density at radius 1 is 1.19 bits per heavy atom. The molecule has 0 saturated carbocycles. The molecule has 1 rings (SSSR count). The molecule has 2 N–H and O–H groups in total. The van der Waals surface area contributed by atoms with Crippen molar-refractivity contribution in [2.24, 2.45) is 0 Å². The van der Waals surface area contributed by atoms with E-state index in [1.165, 1.54) is 0 Å². The first kappa shape index (κ1) is 12.6. The number of anilines is 1. The van der Waals surface area contributed by atoms with E-state index in [1.54, 1.807) is 20.9 Å². The quantitative estimate of drug-likeness (QED) is 0.829. The largest absolute Gasteiger partial charge is 0.324 e. The number of likely N-dealkylation sites (N-methyl/N-ethyl adjacent to an activating group) is 1. The third kappa shape index (κ3) is 3.00. The number of rotatable bonds is 3. The number of carbonyl (C=O) groups excluding carboxylic acids is 1. The molecule has 1 aromatic rings. The van der Waals surface area contributed by atoms with Gasteiger partial charge in [0.15, 0.2) is 0 Å². The maximum atomic E-state index is 12.8. The summed E-state index contributed by atoms with van der Waals surface area (Å²) in [7, 11) is 1.63. The van der Waals surface area contributed by atoms with Gasteiger partial charge >= 0.3 is 0 Å². The highest BCUT2D eigenvalue weighted by molar-refractivity contribution is 5.97. The second kappa shape index (κ2) is 4.57. The van der Waals surface area contributed by atoms with Gasteiger partial charge in [0.25, 0.3) is 0 Å². The summed E-state index contributed by atoms with van der Waals surface area (Å²) >= 11 is 0. The number of amides is 1. The van der Waals surface area contributed by atoms with Crippen LogP contribution in [0.2, 0.25) is 0 Å². The lowest BCUT2D eigenvalue weighted by Gasteiger charge is -2.22. The Morgan fingerprint density at radius 3 is 2.12 bits per heavy atom. The van der Waals surface area contributed by atoms with Gasteiger partial charge in [-0.3, -0.25) is 4.79 Å². The van der Waals surface area contributed by atoms with E-state index in [9.17, 15) is 13.6 Å². The topological polar surface area (TPSA) is 41.1 Å². The molecule has 0 fully saturated rings. The van der Waals surface area contributed by atoms with Crippen molar-refractivity contribution < 1.29 is 13.6 Å². The van der Waals surface area contributed by atoms with Crippen LogP contribution in [0.25, 0.3) is 0 Å². The monoisotopic (exact) mass is 228 g/mol. The Kier molecular flexibility index (Phi) is 3.59. The summed E-state index contributed by atoms with van der Waals surface area (Å²) in [5.41, 5.74) is -0.700. The molecule has 0 aliphatic carbocycles. The molecule has 0 aliphatic heterocycles. The predicted octanol–water partition coefficient (Wildman–Crippen LogP) is 1.90.